The van der Waals surface area contributed by atoms with E-state index in [1.807, 2.05) is 6.07 Å². The molecule has 2 atom stereocenters. The maximum absolute atomic E-state index is 12.8. The number of carbonyl (C=O) groups is 1. The molecule has 2 aliphatic heterocycles. The molecule has 0 bridgehead atoms. The molecule has 7 heteroatoms. The Labute approximate surface area is 209 Å². The zero-order valence-corrected chi connectivity index (χ0v) is 21.3. The summed E-state index contributed by atoms with van der Waals surface area (Å²) in [5, 5.41) is 0. The molecule has 2 aromatic rings. The van der Waals surface area contributed by atoms with Gasteiger partial charge in [-0.3, -0.25) is 14.6 Å². The van der Waals surface area contributed by atoms with Gasteiger partial charge in [0.25, 0.3) is 0 Å². The van der Waals surface area contributed by atoms with E-state index in [9.17, 15) is 13.2 Å². The number of aryl methyl sites for hydroxylation is 1. The number of hydrogen-bond donors (Lipinski definition) is 0. The lowest BCUT2D eigenvalue weighted by Crippen LogP contribution is -2.54. The molecule has 3 aliphatic rings. The van der Waals surface area contributed by atoms with Gasteiger partial charge in [-0.2, -0.15) is 0 Å². The fourth-order valence-electron chi connectivity index (χ4n) is 6.06. The van der Waals surface area contributed by atoms with E-state index in [1.54, 1.807) is 29.2 Å². The minimum absolute atomic E-state index is 0.0173. The number of nitrogens with zero attached hydrogens (tertiary/aromatic N) is 3. The van der Waals surface area contributed by atoms with Gasteiger partial charge in [-0.1, -0.05) is 42.5 Å². The second-order valence-corrected chi connectivity index (χ2v) is 12.3. The van der Waals surface area contributed by atoms with Crippen LogP contribution in [0.15, 0.2) is 59.5 Å². The number of likely N-dealkylation sites (tertiary alicyclic amines) is 1. The van der Waals surface area contributed by atoms with E-state index < -0.39 is 9.84 Å². The molecule has 35 heavy (non-hydrogen) atoms. The topological polar surface area (TPSA) is 60.9 Å². The van der Waals surface area contributed by atoms with Gasteiger partial charge in [0.2, 0.25) is 5.91 Å². The SMILES string of the molecule is O=C1CCC(N2CCN(C3CCc4ccccc4C3)CC2)CCN1CCS(=O)(=O)c1ccccc1. The molecule has 2 saturated heterocycles. The number of benzene rings is 2. The Hall–Kier alpha value is -2.22. The second-order valence-electron chi connectivity index (χ2n) is 10.2. The number of carbonyl (C=O) groups excluding carboxylic acids is 1. The van der Waals surface area contributed by atoms with Crippen molar-refractivity contribution < 1.29 is 13.2 Å². The van der Waals surface area contributed by atoms with Gasteiger partial charge in [0.05, 0.1) is 10.6 Å². The van der Waals surface area contributed by atoms with Crippen molar-refractivity contribution in [3.63, 3.8) is 0 Å². The van der Waals surface area contributed by atoms with Gasteiger partial charge in [-0.25, -0.2) is 8.42 Å². The molecule has 0 N–H and O–H groups in total. The van der Waals surface area contributed by atoms with Crippen LogP contribution in [0.25, 0.3) is 0 Å². The fraction of sp³-hybridized carbons (Fsp3) is 0.536. The Morgan fingerprint density at radius 3 is 2.09 bits per heavy atom. The van der Waals surface area contributed by atoms with E-state index >= 15 is 0 Å². The van der Waals surface area contributed by atoms with Crippen LogP contribution in [0, 0.1) is 0 Å². The van der Waals surface area contributed by atoms with Gasteiger partial charge >= 0.3 is 0 Å². The Bertz CT molecular complexity index is 1110. The first-order valence-electron chi connectivity index (χ1n) is 13.1. The molecular weight excluding hydrogens is 458 g/mol. The number of piperazine rings is 1. The third-order valence-electron chi connectivity index (χ3n) is 8.21. The Kier molecular flexibility index (Phi) is 7.56. The summed E-state index contributed by atoms with van der Waals surface area (Å²) in [6.07, 6.45) is 5.90. The molecule has 1 aliphatic carbocycles. The third-order valence-corrected chi connectivity index (χ3v) is 9.92. The van der Waals surface area contributed by atoms with Gasteiger partial charge < -0.3 is 4.90 Å². The quantitative estimate of drug-likeness (QED) is 0.617. The molecule has 188 valence electrons. The van der Waals surface area contributed by atoms with Crippen LogP contribution in [-0.2, 0) is 27.5 Å². The summed E-state index contributed by atoms with van der Waals surface area (Å²) in [4.78, 5) is 20.1. The predicted molar refractivity (Wildman–Crippen MR) is 138 cm³/mol. The monoisotopic (exact) mass is 495 g/mol. The first-order chi connectivity index (χ1) is 17.0. The van der Waals surface area contributed by atoms with Gasteiger partial charge in [-0.05, 0) is 55.4 Å². The first-order valence-corrected chi connectivity index (χ1v) is 14.8. The van der Waals surface area contributed by atoms with Gasteiger partial charge in [0.1, 0.15) is 0 Å². The molecule has 2 aromatic carbocycles. The number of hydrogen-bond acceptors (Lipinski definition) is 5. The number of fused-ring (bicyclic) bond motifs is 1. The first kappa shape index (κ1) is 24.5. The standard InChI is InChI=1S/C28H37N3O3S/c32-28-13-12-25(14-15-31(28)20-21-35(33,34)27-8-2-1-3-9-27)29-16-18-30(19-17-29)26-11-10-23-6-4-5-7-24(23)22-26/h1-9,25-26H,10-22H2. The average molecular weight is 496 g/mol. The number of sulfone groups is 1. The largest absolute Gasteiger partial charge is 0.342 e. The van der Waals surface area contributed by atoms with Crippen molar-refractivity contribution in [2.24, 2.45) is 0 Å². The van der Waals surface area contributed by atoms with Crippen molar-refractivity contribution >= 4 is 15.7 Å². The molecule has 1 amide bonds. The molecular formula is C28H37N3O3S. The van der Waals surface area contributed by atoms with Crippen LogP contribution in [0.5, 0.6) is 0 Å². The molecule has 2 fully saturated rings. The zero-order valence-electron chi connectivity index (χ0n) is 20.5. The van der Waals surface area contributed by atoms with Crippen molar-refractivity contribution in [1.82, 2.24) is 14.7 Å². The summed E-state index contributed by atoms with van der Waals surface area (Å²) < 4.78 is 25.3. The molecule has 0 spiro atoms. The second kappa shape index (κ2) is 10.8. The minimum Gasteiger partial charge on any atom is -0.342 e. The molecule has 0 aromatic heterocycles. The van der Waals surface area contributed by atoms with Gasteiger partial charge in [0.15, 0.2) is 9.84 Å². The molecule has 6 nitrogen and oxygen atoms in total. The zero-order chi connectivity index (χ0) is 24.3. The number of rotatable bonds is 6. The lowest BCUT2D eigenvalue weighted by Gasteiger charge is -2.43. The highest BCUT2D eigenvalue weighted by molar-refractivity contribution is 7.91. The van der Waals surface area contributed by atoms with Crippen molar-refractivity contribution in [3.05, 3.63) is 65.7 Å². The molecule has 0 saturated carbocycles. The normalized spacial score (nSPS) is 24.7. The van der Waals surface area contributed by atoms with Crippen LogP contribution in [0.4, 0.5) is 0 Å². The number of amides is 1. The third kappa shape index (κ3) is 5.79. The van der Waals surface area contributed by atoms with Crippen molar-refractivity contribution in [2.75, 3.05) is 45.0 Å². The predicted octanol–water partition coefficient (Wildman–Crippen LogP) is 3.02. The maximum atomic E-state index is 12.8. The van der Waals surface area contributed by atoms with Crippen molar-refractivity contribution in [2.45, 2.75) is 55.5 Å². The summed E-state index contributed by atoms with van der Waals surface area (Å²) >= 11 is 0. The van der Waals surface area contributed by atoms with E-state index in [1.165, 1.54) is 24.0 Å². The van der Waals surface area contributed by atoms with E-state index in [-0.39, 0.29) is 18.2 Å². The van der Waals surface area contributed by atoms with Crippen LogP contribution < -0.4 is 0 Å². The van der Waals surface area contributed by atoms with Crippen molar-refractivity contribution in [3.8, 4) is 0 Å². The van der Waals surface area contributed by atoms with Crippen LogP contribution in [0.2, 0.25) is 0 Å². The Morgan fingerprint density at radius 2 is 1.34 bits per heavy atom. The van der Waals surface area contributed by atoms with E-state index in [0.717, 1.165) is 45.4 Å². The Morgan fingerprint density at radius 1 is 0.714 bits per heavy atom. The Balaban J connectivity index is 1.11. The highest BCUT2D eigenvalue weighted by Gasteiger charge is 2.32. The smallest absolute Gasteiger partial charge is 0.222 e. The lowest BCUT2D eigenvalue weighted by atomic mass is 9.87. The fourth-order valence-corrected chi connectivity index (χ4v) is 7.33. The summed E-state index contributed by atoms with van der Waals surface area (Å²) in [5.41, 5.74) is 3.04. The summed E-state index contributed by atoms with van der Waals surface area (Å²) in [6, 6.07) is 18.5. The minimum atomic E-state index is -3.37. The van der Waals surface area contributed by atoms with E-state index in [4.69, 9.17) is 0 Å². The molecule has 2 unspecified atom stereocenters. The molecule has 2 heterocycles. The van der Waals surface area contributed by atoms with E-state index in [0.29, 0.717) is 29.9 Å². The van der Waals surface area contributed by atoms with Crippen LogP contribution >= 0.6 is 0 Å². The summed E-state index contributed by atoms with van der Waals surface area (Å²) in [7, 11) is -3.37. The highest BCUT2D eigenvalue weighted by Crippen LogP contribution is 2.26. The molecule has 5 rings (SSSR count). The summed E-state index contributed by atoms with van der Waals surface area (Å²) in [5.74, 6) is 0.0756. The highest BCUT2D eigenvalue weighted by atomic mass is 32.2. The van der Waals surface area contributed by atoms with Crippen LogP contribution in [-0.4, -0.2) is 86.1 Å². The maximum Gasteiger partial charge on any atom is 0.222 e. The summed E-state index contributed by atoms with van der Waals surface area (Å²) in [6.45, 7) is 5.22. The van der Waals surface area contributed by atoms with Crippen molar-refractivity contribution in [1.29, 1.82) is 0 Å². The molecule has 0 radical (unpaired) electrons. The average Bonchev–Trinajstić information content (AvgIpc) is 3.09. The van der Waals surface area contributed by atoms with Gasteiger partial charge in [0, 0.05) is 57.8 Å². The lowest BCUT2D eigenvalue weighted by molar-refractivity contribution is -0.130. The van der Waals surface area contributed by atoms with Crippen LogP contribution in [0.3, 0.4) is 0 Å². The van der Waals surface area contributed by atoms with E-state index in [2.05, 4.69) is 34.1 Å². The van der Waals surface area contributed by atoms with Gasteiger partial charge in [-0.15, -0.1) is 0 Å². The van der Waals surface area contributed by atoms with Crippen LogP contribution in [0.1, 0.15) is 36.8 Å².